The van der Waals surface area contributed by atoms with Crippen molar-refractivity contribution in [2.24, 2.45) is 7.05 Å². The average molecular weight is 655 g/mol. The molecule has 1 atom stereocenters. The van der Waals surface area contributed by atoms with Crippen LogP contribution in [0.15, 0.2) is 66.7 Å². The molecule has 6 aromatic rings. The zero-order valence-corrected chi connectivity index (χ0v) is 27.1. The van der Waals surface area contributed by atoms with Gasteiger partial charge >= 0.3 is 0 Å². The maximum absolute atomic E-state index is 16.1. The highest BCUT2D eigenvalue weighted by atomic mass is 32.1. The Morgan fingerprint density at radius 1 is 1.13 bits per heavy atom. The molecule has 1 amide bonds. The predicted octanol–water partition coefficient (Wildman–Crippen LogP) is 6.90. The third kappa shape index (κ3) is 5.47. The summed E-state index contributed by atoms with van der Waals surface area (Å²) in [5.41, 5.74) is 3.11. The van der Waals surface area contributed by atoms with Gasteiger partial charge in [-0.3, -0.25) is 14.2 Å². The number of rotatable bonds is 7. The number of pyridine rings is 1. The van der Waals surface area contributed by atoms with Crippen molar-refractivity contribution in [2.45, 2.75) is 39.0 Å². The summed E-state index contributed by atoms with van der Waals surface area (Å²) in [5.74, 6) is -1.89. The number of thiophene rings is 1. The van der Waals surface area contributed by atoms with E-state index in [4.69, 9.17) is 14.8 Å². The van der Waals surface area contributed by atoms with Gasteiger partial charge in [-0.05, 0) is 56.5 Å². The molecule has 9 nitrogen and oxygen atoms in total. The van der Waals surface area contributed by atoms with Crippen molar-refractivity contribution in [3.8, 4) is 39.5 Å². The van der Waals surface area contributed by atoms with Crippen molar-refractivity contribution in [1.29, 1.82) is 0 Å². The molecule has 1 aliphatic heterocycles. The van der Waals surface area contributed by atoms with Gasteiger partial charge in [-0.25, -0.2) is 13.8 Å². The molecular formula is C35H32F2N6O3S. The highest BCUT2D eigenvalue weighted by molar-refractivity contribution is 7.18. The predicted molar refractivity (Wildman–Crippen MR) is 178 cm³/mol. The van der Waals surface area contributed by atoms with Crippen LogP contribution in [0.3, 0.4) is 0 Å². The summed E-state index contributed by atoms with van der Waals surface area (Å²) in [4.78, 5) is 19.5. The summed E-state index contributed by atoms with van der Waals surface area (Å²) in [6, 6.07) is 11.3. The first kappa shape index (κ1) is 30.7. The maximum atomic E-state index is 16.1. The Balaban J connectivity index is 1.51. The lowest BCUT2D eigenvalue weighted by molar-refractivity contribution is -0.129. The molecule has 0 bridgehead atoms. The third-order valence-corrected chi connectivity index (χ3v) is 9.24. The largest absolute Gasteiger partial charge is 0.490 e. The molecule has 0 radical (unpaired) electrons. The Bertz CT molecular complexity index is 2210. The number of amides is 1. The van der Waals surface area contributed by atoms with Crippen molar-refractivity contribution >= 4 is 38.2 Å². The molecule has 1 aliphatic rings. The second-order valence-corrected chi connectivity index (χ2v) is 13.3. The summed E-state index contributed by atoms with van der Waals surface area (Å²) in [5, 5.41) is 23.4. The topological polar surface area (TPSA) is 98.3 Å². The molecule has 7 rings (SSSR count). The van der Waals surface area contributed by atoms with Crippen molar-refractivity contribution in [2.75, 3.05) is 13.2 Å². The van der Waals surface area contributed by atoms with Crippen LogP contribution in [0, 0.1) is 11.6 Å². The summed E-state index contributed by atoms with van der Waals surface area (Å²) >= 11 is 1.40. The van der Waals surface area contributed by atoms with Crippen LogP contribution in [-0.4, -0.2) is 59.2 Å². The number of hydrogen-bond donors (Lipinski definition) is 1. The number of aliphatic hydroxyl groups is 1. The van der Waals surface area contributed by atoms with Crippen LogP contribution in [0.4, 0.5) is 8.78 Å². The highest BCUT2D eigenvalue weighted by Crippen LogP contribution is 2.47. The fraction of sp³-hybridized carbons (Fsp3) is 0.257. The third-order valence-electron chi connectivity index (χ3n) is 8.31. The van der Waals surface area contributed by atoms with Crippen molar-refractivity contribution < 1.29 is 23.4 Å². The van der Waals surface area contributed by atoms with E-state index in [-0.39, 0.29) is 29.9 Å². The van der Waals surface area contributed by atoms with Gasteiger partial charge in [0.2, 0.25) is 5.91 Å². The van der Waals surface area contributed by atoms with E-state index in [0.29, 0.717) is 40.4 Å². The van der Waals surface area contributed by atoms with Gasteiger partial charge in [0.15, 0.2) is 0 Å². The number of aryl methyl sites for hydroxylation is 1. The first-order chi connectivity index (χ1) is 22.4. The smallest absolute Gasteiger partial charge is 0.246 e. The molecular weight excluding hydrogens is 622 g/mol. The lowest BCUT2D eigenvalue weighted by atomic mass is 9.96. The van der Waals surface area contributed by atoms with E-state index in [9.17, 15) is 14.3 Å². The lowest BCUT2D eigenvalue weighted by Gasteiger charge is -2.33. The number of carbonyl (C=O) groups excluding carboxylic acids is 1. The van der Waals surface area contributed by atoms with Gasteiger partial charge in [-0.1, -0.05) is 12.6 Å². The number of carbonyl (C=O) groups is 1. The molecule has 4 aromatic heterocycles. The summed E-state index contributed by atoms with van der Waals surface area (Å²) in [7, 11) is 1.86. The molecule has 0 aliphatic carbocycles. The minimum atomic E-state index is -1.26. The number of nitrogens with zero attached hydrogens (tertiary/aromatic N) is 6. The van der Waals surface area contributed by atoms with E-state index in [0.717, 1.165) is 39.7 Å². The molecule has 47 heavy (non-hydrogen) atoms. The summed E-state index contributed by atoms with van der Waals surface area (Å²) in [6.45, 7) is 9.36. The van der Waals surface area contributed by atoms with Gasteiger partial charge in [0.05, 0.1) is 40.7 Å². The molecule has 12 heteroatoms. The van der Waals surface area contributed by atoms with Gasteiger partial charge in [0.25, 0.3) is 0 Å². The minimum absolute atomic E-state index is 0.0161. The van der Waals surface area contributed by atoms with E-state index >= 15 is 4.39 Å². The second kappa shape index (κ2) is 11.4. The molecule has 240 valence electrons. The molecule has 1 N–H and O–H groups in total. The van der Waals surface area contributed by atoms with E-state index in [1.807, 2.05) is 60.6 Å². The number of halogens is 2. The van der Waals surface area contributed by atoms with Crippen molar-refractivity contribution in [3.63, 3.8) is 0 Å². The Morgan fingerprint density at radius 3 is 2.70 bits per heavy atom. The molecule has 1 unspecified atom stereocenters. The van der Waals surface area contributed by atoms with Crippen LogP contribution in [-0.2, 0) is 18.4 Å². The molecule has 0 spiro atoms. The van der Waals surface area contributed by atoms with Gasteiger partial charge in [0, 0.05) is 58.5 Å². The molecule has 0 saturated heterocycles. The van der Waals surface area contributed by atoms with Gasteiger partial charge in [-0.15, -0.1) is 11.3 Å². The Hall–Kier alpha value is -4.94. The van der Waals surface area contributed by atoms with E-state index in [1.165, 1.54) is 17.4 Å². The van der Waals surface area contributed by atoms with Crippen LogP contribution >= 0.6 is 11.3 Å². The normalized spacial score (nSPS) is 15.0. The fourth-order valence-corrected chi connectivity index (χ4v) is 7.10. The Morgan fingerprint density at radius 2 is 1.94 bits per heavy atom. The Labute approximate surface area is 273 Å². The first-order valence-corrected chi connectivity index (χ1v) is 16.0. The lowest BCUT2D eigenvalue weighted by Crippen LogP contribution is -2.40. The van der Waals surface area contributed by atoms with Gasteiger partial charge < -0.3 is 14.7 Å². The number of ether oxygens (including phenoxy) is 1. The minimum Gasteiger partial charge on any atom is -0.490 e. The molecule has 2 aromatic carbocycles. The first-order valence-electron chi connectivity index (χ1n) is 15.1. The summed E-state index contributed by atoms with van der Waals surface area (Å²) in [6.07, 6.45) is 3.23. The zero-order valence-electron chi connectivity index (χ0n) is 26.3. The van der Waals surface area contributed by atoms with Crippen LogP contribution in [0.5, 0.6) is 5.75 Å². The highest BCUT2D eigenvalue weighted by Gasteiger charge is 2.31. The summed E-state index contributed by atoms with van der Waals surface area (Å²) < 4.78 is 41.0. The monoisotopic (exact) mass is 654 g/mol. The van der Waals surface area contributed by atoms with Gasteiger partial charge in [-0.2, -0.15) is 10.2 Å². The number of hydrogen-bond acceptors (Lipinski definition) is 7. The molecule has 5 heterocycles. The van der Waals surface area contributed by atoms with Crippen molar-refractivity contribution in [3.05, 3.63) is 84.0 Å². The molecule has 0 fully saturated rings. The second-order valence-electron chi connectivity index (χ2n) is 12.4. The SMILES string of the molecule is C=CC(=O)N1CCn2nc(-c3nc(-c4ccc5nn(C)cc5c4)c4ccsc4c3-c3c(F)cc(F)cc3OCC(C)(C)O)cc2C1C. The van der Waals surface area contributed by atoms with Gasteiger partial charge in [0.1, 0.15) is 35.4 Å². The average Bonchev–Trinajstić information content (AvgIpc) is 3.76. The van der Waals surface area contributed by atoms with Crippen LogP contribution in [0.1, 0.15) is 32.5 Å². The van der Waals surface area contributed by atoms with E-state index in [1.54, 1.807) is 23.4 Å². The van der Waals surface area contributed by atoms with Crippen molar-refractivity contribution in [1.82, 2.24) is 29.4 Å². The number of benzene rings is 2. The number of aromatic nitrogens is 5. The van der Waals surface area contributed by atoms with Crippen LogP contribution in [0.25, 0.3) is 54.8 Å². The number of fused-ring (bicyclic) bond motifs is 3. The standard InChI is InChI=1S/C35H32F2N6O3S/c1-6-29(44)42-10-11-43-27(19(42)2)16-26(40-43)33-31(30-24(37)14-22(36)15-28(30)46-18-35(3,4)45)34-23(9-12-47-34)32(38-33)20-7-8-25-21(13-20)17-41(5)39-25/h6-9,12-17,19,45H,1,10-11,18H2,2-5H3. The van der Waals surface area contributed by atoms with Crippen LogP contribution < -0.4 is 4.74 Å². The maximum Gasteiger partial charge on any atom is 0.246 e. The van der Waals surface area contributed by atoms with E-state index < -0.39 is 17.2 Å². The van der Waals surface area contributed by atoms with E-state index in [2.05, 4.69) is 11.7 Å². The fourth-order valence-electron chi connectivity index (χ4n) is 6.16. The Kier molecular flexibility index (Phi) is 7.44. The van der Waals surface area contributed by atoms with Crippen LogP contribution in [0.2, 0.25) is 0 Å². The zero-order chi connectivity index (χ0) is 33.2. The molecule has 0 saturated carbocycles. The quantitative estimate of drug-likeness (QED) is 0.188.